The predicted molar refractivity (Wildman–Crippen MR) is 45.0 cm³/mol. The molecule has 0 aromatic rings. The Bertz CT molecular complexity index is 138. The van der Waals surface area contributed by atoms with Gasteiger partial charge in [0.15, 0.2) is 0 Å². The number of nitrogens with zero attached hydrogens (tertiary/aromatic N) is 2. The molecule has 1 aliphatic heterocycles. The summed E-state index contributed by atoms with van der Waals surface area (Å²) in [6.07, 6.45) is 3.53. The van der Waals surface area contributed by atoms with Crippen LogP contribution in [-0.2, 0) is 0 Å². The van der Waals surface area contributed by atoms with Crippen LogP contribution in [0.5, 0.6) is 0 Å². The van der Waals surface area contributed by atoms with Gasteiger partial charge in [-0.1, -0.05) is 13.3 Å². The summed E-state index contributed by atoms with van der Waals surface area (Å²) >= 11 is 0. The number of hydrogen-bond donors (Lipinski definition) is 0. The van der Waals surface area contributed by atoms with Crippen molar-refractivity contribution in [3.63, 3.8) is 0 Å². The van der Waals surface area contributed by atoms with Gasteiger partial charge in [0.25, 0.3) is 0 Å². The highest BCUT2D eigenvalue weighted by molar-refractivity contribution is 4.75. The second kappa shape index (κ2) is 3.69. The third kappa shape index (κ3) is 1.91. The molecule has 0 aromatic carbocycles. The molecule has 0 amide bonds. The molecule has 3 heteroatoms. The van der Waals surface area contributed by atoms with E-state index in [0.29, 0.717) is 12.0 Å². The molecule has 0 radical (unpaired) electrons. The van der Waals surface area contributed by atoms with E-state index in [0.717, 1.165) is 13.0 Å². The standard InChI is InChI=1S/C8H16N2O/c1-3-8-5-4-7(2)10(6-8)9-11/h7-8H,3-6H2,1-2H3/t7-,8-/m0/s1. The van der Waals surface area contributed by atoms with Crippen LogP contribution in [0.1, 0.15) is 33.1 Å². The van der Waals surface area contributed by atoms with E-state index >= 15 is 0 Å². The second-order valence-corrected chi connectivity index (χ2v) is 3.40. The van der Waals surface area contributed by atoms with E-state index in [9.17, 15) is 4.91 Å². The number of piperidine rings is 1. The zero-order valence-electron chi connectivity index (χ0n) is 7.29. The Labute approximate surface area is 67.7 Å². The molecule has 1 saturated heterocycles. The topological polar surface area (TPSA) is 32.7 Å². The van der Waals surface area contributed by atoms with E-state index in [1.54, 1.807) is 5.01 Å². The molecule has 0 bridgehead atoms. The molecule has 0 aliphatic carbocycles. The third-order valence-electron chi connectivity index (χ3n) is 2.63. The molecule has 0 spiro atoms. The van der Waals surface area contributed by atoms with Crippen molar-refractivity contribution in [2.75, 3.05) is 6.54 Å². The molecule has 11 heavy (non-hydrogen) atoms. The van der Waals surface area contributed by atoms with Crippen LogP contribution in [0.3, 0.4) is 0 Å². The summed E-state index contributed by atoms with van der Waals surface area (Å²) in [5, 5.41) is 4.69. The van der Waals surface area contributed by atoms with Crippen molar-refractivity contribution in [1.29, 1.82) is 0 Å². The van der Waals surface area contributed by atoms with Crippen LogP contribution >= 0.6 is 0 Å². The minimum atomic E-state index is 0.357. The first kappa shape index (κ1) is 8.50. The van der Waals surface area contributed by atoms with E-state index in [1.807, 2.05) is 0 Å². The lowest BCUT2D eigenvalue weighted by atomic mass is 9.93. The maximum Gasteiger partial charge on any atom is 0.0526 e. The molecular formula is C8H16N2O. The summed E-state index contributed by atoms with van der Waals surface area (Å²) in [5.41, 5.74) is 0. The van der Waals surface area contributed by atoms with Crippen LogP contribution in [-0.4, -0.2) is 17.6 Å². The van der Waals surface area contributed by atoms with Gasteiger partial charge in [-0.25, -0.2) is 0 Å². The Kier molecular flexibility index (Phi) is 2.85. The van der Waals surface area contributed by atoms with Crippen LogP contribution < -0.4 is 0 Å². The van der Waals surface area contributed by atoms with Gasteiger partial charge in [0.05, 0.1) is 5.29 Å². The number of rotatable bonds is 2. The molecule has 1 aliphatic rings. The van der Waals surface area contributed by atoms with Gasteiger partial charge in [0.2, 0.25) is 0 Å². The van der Waals surface area contributed by atoms with Crippen molar-refractivity contribution in [1.82, 2.24) is 5.01 Å². The Morgan fingerprint density at radius 2 is 2.27 bits per heavy atom. The molecule has 0 saturated carbocycles. The van der Waals surface area contributed by atoms with Crippen LogP contribution in [0.4, 0.5) is 0 Å². The van der Waals surface area contributed by atoms with Crippen LogP contribution in [0, 0.1) is 10.8 Å². The number of hydrogen-bond acceptors (Lipinski definition) is 2. The lowest BCUT2D eigenvalue weighted by Gasteiger charge is -2.32. The first-order valence-corrected chi connectivity index (χ1v) is 4.37. The quantitative estimate of drug-likeness (QED) is 0.574. The summed E-state index contributed by atoms with van der Waals surface area (Å²) in [6.45, 7) is 5.10. The van der Waals surface area contributed by atoms with E-state index in [-0.39, 0.29) is 0 Å². The Hall–Kier alpha value is -0.600. The predicted octanol–water partition coefficient (Wildman–Crippen LogP) is 2.18. The summed E-state index contributed by atoms with van der Waals surface area (Å²) in [6, 6.07) is 0.357. The van der Waals surface area contributed by atoms with Crippen molar-refractivity contribution in [2.45, 2.75) is 39.2 Å². The van der Waals surface area contributed by atoms with Crippen molar-refractivity contribution < 1.29 is 0 Å². The summed E-state index contributed by atoms with van der Waals surface area (Å²) < 4.78 is 0. The highest BCUT2D eigenvalue weighted by atomic mass is 16.3. The zero-order chi connectivity index (χ0) is 8.27. The SMILES string of the molecule is CC[C@H]1CC[C@H](C)N(N=O)C1. The van der Waals surface area contributed by atoms with Gasteiger partial charge in [-0.15, -0.1) is 4.91 Å². The van der Waals surface area contributed by atoms with E-state index in [2.05, 4.69) is 19.1 Å². The highest BCUT2D eigenvalue weighted by Crippen LogP contribution is 2.23. The van der Waals surface area contributed by atoms with Crippen molar-refractivity contribution >= 4 is 0 Å². The minimum Gasteiger partial charge on any atom is -0.258 e. The van der Waals surface area contributed by atoms with Gasteiger partial charge in [-0.05, 0) is 25.7 Å². The van der Waals surface area contributed by atoms with Crippen LogP contribution in [0.2, 0.25) is 0 Å². The van der Waals surface area contributed by atoms with Gasteiger partial charge in [0, 0.05) is 12.6 Å². The normalized spacial score (nSPS) is 32.0. The third-order valence-corrected chi connectivity index (χ3v) is 2.63. The molecule has 0 N–H and O–H groups in total. The van der Waals surface area contributed by atoms with Crippen molar-refractivity contribution in [3.8, 4) is 0 Å². The highest BCUT2D eigenvalue weighted by Gasteiger charge is 2.23. The average molecular weight is 156 g/mol. The molecule has 2 atom stereocenters. The fourth-order valence-electron chi connectivity index (χ4n) is 1.61. The average Bonchev–Trinajstić information content (AvgIpc) is 2.05. The molecule has 64 valence electrons. The van der Waals surface area contributed by atoms with Gasteiger partial charge >= 0.3 is 0 Å². The summed E-state index contributed by atoms with van der Waals surface area (Å²) in [5.74, 6) is 0.684. The summed E-state index contributed by atoms with van der Waals surface area (Å²) in [7, 11) is 0. The van der Waals surface area contributed by atoms with Crippen LogP contribution in [0.25, 0.3) is 0 Å². The molecule has 1 heterocycles. The second-order valence-electron chi connectivity index (χ2n) is 3.40. The molecule has 0 aromatic heterocycles. The van der Waals surface area contributed by atoms with Gasteiger partial charge < -0.3 is 0 Å². The smallest absolute Gasteiger partial charge is 0.0526 e. The minimum absolute atomic E-state index is 0.357. The maximum atomic E-state index is 10.3. The van der Waals surface area contributed by atoms with E-state index < -0.39 is 0 Å². The fraction of sp³-hybridized carbons (Fsp3) is 1.00. The fourth-order valence-corrected chi connectivity index (χ4v) is 1.61. The largest absolute Gasteiger partial charge is 0.258 e. The number of nitroso groups, excluding NO2 is 1. The van der Waals surface area contributed by atoms with E-state index in [1.165, 1.54) is 12.8 Å². The molecule has 3 nitrogen and oxygen atoms in total. The monoisotopic (exact) mass is 156 g/mol. The first-order chi connectivity index (χ1) is 5.27. The first-order valence-electron chi connectivity index (χ1n) is 4.37. The lowest BCUT2D eigenvalue weighted by molar-refractivity contribution is 0.118. The molecule has 1 fully saturated rings. The van der Waals surface area contributed by atoms with Gasteiger partial charge in [-0.2, -0.15) is 0 Å². The zero-order valence-corrected chi connectivity index (χ0v) is 7.29. The van der Waals surface area contributed by atoms with Crippen molar-refractivity contribution in [3.05, 3.63) is 4.91 Å². The molecule has 1 rings (SSSR count). The molecule has 0 unspecified atom stereocenters. The van der Waals surface area contributed by atoms with Gasteiger partial charge in [0.1, 0.15) is 0 Å². The maximum absolute atomic E-state index is 10.3. The van der Waals surface area contributed by atoms with Crippen molar-refractivity contribution in [2.24, 2.45) is 11.2 Å². The Balaban J connectivity index is 2.43. The van der Waals surface area contributed by atoms with Crippen LogP contribution in [0.15, 0.2) is 5.29 Å². The molecular weight excluding hydrogens is 140 g/mol. The van der Waals surface area contributed by atoms with Gasteiger partial charge in [-0.3, -0.25) is 5.01 Å². The Morgan fingerprint density at radius 1 is 1.55 bits per heavy atom. The Morgan fingerprint density at radius 3 is 2.82 bits per heavy atom. The lowest BCUT2D eigenvalue weighted by Crippen LogP contribution is -2.37. The van der Waals surface area contributed by atoms with E-state index in [4.69, 9.17) is 0 Å². The summed E-state index contributed by atoms with van der Waals surface area (Å²) in [4.78, 5) is 10.3.